The summed E-state index contributed by atoms with van der Waals surface area (Å²) in [5.74, 6) is 2.50. The number of thioether (sulfide) groups is 1. The maximum absolute atomic E-state index is 6.21. The molecule has 0 radical (unpaired) electrons. The van der Waals surface area contributed by atoms with E-state index < -0.39 is 0 Å². The molecule has 106 valence electrons. The largest absolute Gasteiger partial charge is 0.329 e. The standard InChI is InChI=1S/C14H29N3S/c1-13(2)9-14(10-15,12-18-11-13)17-6-4-5-16(3)7-8-17/h4-12,15H2,1-3H3. The van der Waals surface area contributed by atoms with Crippen molar-refractivity contribution >= 4 is 11.8 Å². The van der Waals surface area contributed by atoms with Crippen LogP contribution in [0.2, 0.25) is 0 Å². The molecule has 0 saturated carbocycles. The summed E-state index contributed by atoms with van der Waals surface area (Å²) in [4.78, 5) is 5.15. The van der Waals surface area contributed by atoms with E-state index in [0.717, 1.165) is 6.54 Å². The van der Waals surface area contributed by atoms with Crippen molar-refractivity contribution in [2.24, 2.45) is 11.1 Å². The molecular formula is C14H29N3S. The summed E-state index contributed by atoms with van der Waals surface area (Å²) in [7, 11) is 2.23. The maximum Gasteiger partial charge on any atom is 0.0427 e. The zero-order valence-electron chi connectivity index (χ0n) is 12.2. The fourth-order valence-electron chi connectivity index (χ4n) is 3.49. The smallest absolute Gasteiger partial charge is 0.0427 e. The first-order valence-corrected chi connectivity index (χ1v) is 8.34. The van der Waals surface area contributed by atoms with E-state index >= 15 is 0 Å². The van der Waals surface area contributed by atoms with Crippen molar-refractivity contribution in [3.63, 3.8) is 0 Å². The summed E-state index contributed by atoms with van der Waals surface area (Å²) in [5.41, 5.74) is 6.89. The van der Waals surface area contributed by atoms with Crippen molar-refractivity contribution in [2.75, 3.05) is 51.3 Å². The highest BCUT2D eigenvalue weighted by Gasteiger charge is 2.43. The van der Waals surface area contributed by atoms with Crippen LogP contribution in [-0.4, -0.2) is 66.6 Å². The third kappa shape index (κ3) is 3.21. The highest BCUT2D eigenvalue weighted by Crippen LogP contribution is 2.42. The second kappa shape index (κ2) is 5.70. The van der Waals surface area contributed by atoms with E-state index in [1.165, 1.54) is 50.5 Å². The lowest BCUT2D eigenvalue weighted by molar-refractivity contribution is 0.0724. The third-order valence-corrected chi connectivity index (χ3v) is 6.17. The Morgan fingerprint density at radius 3 is 2.56 bits per heavy atom. The van der Waals surface area contributed by atoms with Crippen LogP contribution in [0.4, 0.5) is 0 Å². The zero-order valence-corrected chi connectivity index (χ0v) is 13.1. The van der Waals surface area contributed by atoms with Gasteiger partial charge in [0.15, 0.2) is 0 Å². The van der Waals surface area contributed by atoms with Gasteiger partial charge in [0.25, 0.3) is 0 Å². The Balaban J connectivity index is 2.10. The number of hydrogen-bond acceptors (Lipinski definition) is 4. The molecule has 0 amide bonds. The van der Waals surface area contributed by atoms with Crippen LogP contribution in [-0.2, 0) is 0 Å². The lowest BCUT2D eigenvalue weighted by Gasteiger charge is -2.50. The molecule has 18 heavy (non-hydrogen) atoms. The normalized spacial score (nSPS) is 35.3. The molecule has 3 nitrogen and oxygen atoms in total. The number of nitrogens with two attached hydrogens (primary N) is 1. The zero-order chi connectivity index (χ0) is 13.2. The molecule has 0 aromatic carbocycles. The summed E-state index contributed by atoms with van der Waals surface area (Å²) in [6.45, 7) is 10.4. The van der Waals surface area contributed by atoms with Gasteiger partial charge in [-0.25, -0.2) is 0 Å². The van der Waals surface area contributed by atoms with Crippen LogP contribution in [0, 0.1) is 5.41 Å². The van der Waals surface area contributed by atoms with Gasteiger partial charge in [0.2, 0.25) is 0 Å². The highest BCUT2D eigenvalue weighted by atomic mass is 32.2. The number of rotatable bonds is 2. The molecule has 0 spiro atoms. The summed E-state index contributed by atoms with van der Waals surface area (Å²) in [5, 5.41) is 0. The highest BCUT2D eigenvalue weighted by molar-refractivity contribution is 7.99. The van der Waals surface area contributed by atoms with Crippen LogP contribution in [0.3, 0.4) is 0 Å². The quantitative estimate of drug-likeness (QED) is 0.825. The van der Waals surface area contributed by atoms with Gasteiger partial charge in [-0.15, -0.1) is 0 Å². The lowest BCUT2D eigenvalue weighted by Crippen LogP contribution is -2.60. The van der Waals surface area contributed by atoms with Gasteiger partial charge in [-0.2, -0.15) is 11.8 Å². The monoisotopic (exact) mass is 271 g/mol. The van der Waals surface area contributed by atoms with Gasteiger partial charge in [-0.05, 0) is 37.6 Å². The predicted molar refractivity (Wildman–Crippen MR) is 81.2 cm³/mol. The minimum atomic E-state index is 0.248. The first-order valence-electron chi connectivity index (χ1n) is 7.19. The van der Waals surface area contributed by atoms with Crippen molar-refractivity contribution in [1.82, 2.24) is 9.80 Å². The molecule has 0 bridgehead atoms. The lowest BCUT2D eigenvalue weighted by atomic mass is 9.78. The molecular weight excluding hydrogens is 242 g/mol. The van der Waals surface area contributed by atoms with Crippen LogP contribution in [0.25, 0.3) is 0 Å². The van der Waals surface area contributed by atoms with E-state index in [1.807, 2.05) is 0 Å². The fourth-order valence-corrected chi connectivity index (χ4v) is 5.03. The Morgan fingerprint density at radius 1 is 1.11 bits per heavy atom. The number of nitrogens with zero attached hydrogens (tertiary/aromatic N) is 2. The Morgan fingerprint density at radius 2 is 1.89 bits per heavy atom. The Labute approximate surface area is 116 Å². The summed E-state index contributed by atoms with van der Waals surface area (Å²) in [6, 6.07) is 0. The first kappa shape index (κ1) is 14.6. The van der Waals surface area contributed by atoms with Crippen molar-refractivity contribution in [3.8, 4) is 0 Å². The molecule has 0 aromatic heterocycles. The topological polar surface area (TPSA) is 32.5 Å². The average Bonchev–Trinajstić information content (AvgIpc) is 2.53. The van der Waals surface area contributed by atoms with Gasteiger partial charge in [0, 0.05) is 37.5 Å². The molecule has 2 aliphatic rings. The Hall–Kier alpha value is 0.230. The second-order valence-electron chi connectivity index (χ2n) is 6.91. The molecule has 0 aromatic rings. The SMILES string of the molecule is CN1CCCN(C2(CN)CSCC(C)(C)C2)CC1. The number of likely N-dealkylation sites (N-methyl/N-ethyl adjacent to an activating group) is 1. The van der Waals surface area contributed by atoms with Crippen LogP contribution in [0.5, 0.6) is 0 Å². The molecule has 1 unspecified atom stereocenters. The van der Waals surface area contributed by atoms with E-state index in [-0.39, 0.29) is 5.54 Å². The molecule has 0 aliphatic carbocycles. The van der Waals surface area contributed by atoms with Gasteiger partial charge in [-0.1, -0.05) is 13.8 Å². The van der Waals surface area contributed by atoms with Crippen LogP contribution in [0.15, 0.2) is 0 Å². The summed E-state index contributed by atoms with van der Waals surface area (Å²) < 4.78 is 0. The van der Waals surface area contributed by atoms with Crippen molar-refractivity contribution in [3.05, 3.63) is 0 Å². The van der Waals surface area contributed by atoms with Gasteiger partial charge >= 0.3 is 0 Å². The van der Waals surface area contributed by atoms with E-state index in [1.54, 1.807) is 0 Å². The predicted octanol–water partition coefficient (Wildman–Crippen LogP) is 1.48. The minimum absolute atomic E-state index is 0.248. The average molecular weight is 271 g/mol. The summed E-state index contributed by atoms with van der Waals surface area (Å²) in [6.07, 6.45) is 2.54. The van der Waals surface area contributed by atoms with E-state index in [2.05, 4.69) is 42.5 Å². The van der Waals surface area contributed by atoms with Gasteiger partial charge in [0.05, 0.1) is 0 Å². The van der Waals surface area contributed by atoms with E-state index in [4.69, 9.17) is 5.73 Å². The molecule has 2 rings (SSSR count). The van der Waals surface area contributed by atoms with Gasteiger partial charge in [0.1, 0.15) is 0 Å². The van der Waals surface area contributed by atoms with Crippen molar-refractivity contribution < 1.29 is 0 Å². The van der Waals surface area contributed by atoms with E-state index in [0.29, 0.717) is 5.41 Å². The molecule has 2 aliphatic heterocycles. The van der Waals surface area contributed by atoms with Crippen molar-refractivity contribution in [1.29, 1.82) is 0 Å². The second-order valence-corrected chi connectivity index (χ2v) is 7.89. The number of hydrogen-bond donors (Lipinski definition) is 1. The van der Waals surface area contributed by atoms with Crippen LogP contribution < -0.4 is 5.73 Å². The molecule has 4 heteroatoms. The van der Waals surface area contributed by atoms with Crippen molar-refractivity contribution in [2.45, 2.75) is 32.2 Å². The Bertz CT molecular complexity index is 282. The molecule has 1 atom stereocenters. The fraction of sp³-hybridized carbons (Fsp3) is 1.00. The summed E-state index contributed by atoms with van der Waals surface area (Å²) >= 11 is 2.10. The molecule has 2 saturated heterocycles. The van der Waals surface area contributed by atoms with Crippen LogP contribution in [0.1, 0.15) is 26.7 Å². The van der Waals surface area contributed by atoms with E-state index in [9.17, 15) is 0 Å². The molecule has 2 fully saturated rings. The van der Waals surface area contributed by atoms with Crippen LogP contribution >= 0.6 is 11.8 Å². The van der Waals surface area contributed by atoms with Gasteiger partial charge in [-0.3, -0.25) is 4.90 Å². The molecule has 2 N–H and O–H groups in total. The minimum Gasteiger partial charge on any atom is -0.329 e. The molecule has 2 heterocycles. The Kier molecular flexibility index (Phi) is 4.63. The maximum atomic E-state index is 6.21. The first-order chi connectivity index (χ1) is 8.47. The van der Waals surface area contributed by atoms with Gasteiger partial charge < -0.3 is 10.6 Å². The third-order valence-electron chi connectivity index (χ3n) is 4.44.